The summed E-state index contributed by atoms with van der Waals surface area (Å²) >= 11 is 0. The predicted octanol–water partition coefficient (Wildman–Crippen LogP) is 4.68. The maximum Gasteiger partial charge on any atom is 0.329 e. The number of benzene rings is 1. The Balaban J connectivity index is 1.55. The summed E-state index contributed by atoms with van der Waals surface area (Å²) in [7, 11) is 4.11. The number of fused-ring (bicyclic) bond motifs is 3. The first kappa shape index (κ1) is 24.5. The van der Waals surface area contributed by atoms with Crippen LogP contribution in [-0.2, 0) is 4.74 Å². The fourth-order valence-electron chi connectivity index (χ4n) is 5.07. The highest BCUT2D eigenvalue weighted by molar-refractivity contribution is 6.04. The van der Waals surface area contributed by atoms with Crippen LogP contribution in [0.15, 0.2) is 47.5 Å². The van der Waals surface area contributed by atoms with E-state index in [-0.39, 0.29) is 17.8 Å². The number of hydrogen-bond acceptors (Lipinski definition) is 6. The van der Waals surface area contributed by atoms with E-state index in [1.165, 1.54) is 0 Å². The summed E-state index contributed by atoms with van der Waals surface area (Å²) in [6, 6.07) is 10.3. The van der Waals surface area contributed by atoms with Gasteiger partial charge in [-0.15, -0.1) is 0 Å². The van der Waals surface area contributed by atoms with Crippen molar-refractivity contribution in [2.45, 2.75) is 45.2 Å². The van der Waals surface area contributed by atoms with Crippen LogP contribution in [0.3, 0.4) is 0 Å². The van der Waals surface area contributed by atoms with E-state index in [1.54, 1.807) is 0 Å². The van der Waals surface area contributed by atoms with Gasteiger partial charge in [0, 0.05) is 55.1 Å². The monoisotopic (exact) mass is 489 g/mol. The lowest BCUT2D eigenvalue weighted by Gasteiger charge is -2.23. The van der Waals surface area contributed by atoms with Gasteiger partial charge >= 0.3 is 5.69 Å². The summed E-state index contributed by atoms with van der Waals surface area (Å²) < 4.78 is 15.3. The highest BCUT2D eigenvalue weighted by Gasteiger charge is 2.25. The zero-order chi connectivity index (χ0) is 25.2. The van der Waals surface area contributed by atoms with Gasteiger partial charge in [-0.1, -0.05) is 6.07 Å². The number of nitrogens with zero attached hydrogens (tertiary/aromatic N) is 5. The Morgan fingerprint density at radius 1 is 1.08 bits per heavy atom. The normalized spacial score (nSPS) is 14.9. The Morgan fingerprint density at radius 2 is 1.86 bits per heavy atom. The van der Waals surface area contributed by atoms with Crippen molar-refractivity contribution in [1.29, 1.82) is 0 Å². The van der Waals surface area contributed by atoms with Gasteiger partial charge in [-0.05, 0) is 71.0 Å². The van der Waals surface area contributed by atoms with Crippen molar-refractivity contribution in [2.24, 2.45) is 0 Å². The van der Waals surface area contributed by atoms with Crippen molar-refractivity contribution in [3.63, 3.8) is 0 Å². The fraction of sp³-hybridized carbons (Fsp3) is 0.464. The van der Waals surface area contributed by atoms with Crippen LogP contribution in [0.4, 0.5) is 0 Å². The van der Waals surface area contributed by atoms with E-state index < -0.39 is 0 Å². The van der Waals surface area contributed by atoms with E-state index in [1.807, 2.05) is 53.6 Å². The largest absolute Gasteiger partial charge is 0.478 e. The van der Waals surface area contributed by atoms with Gasteiger partial charge in [-0.2, -0.15) is 0 Å². The smallest absolute Gasteiger partial charge is 0.329 e. The highest BCUT2D eigenvalue weighted by Crippen LogP contribution is 2.33. The van der Waals surface area contributed by atoms with Crippen molar-refractivity contribution in [1.82, 2.24) is 24.0 Å². The van der Waals surface area contributed by atoms with Gasteiger partial charge in [-0.3, -0.25) is 14.1 Å². The lowest BCUT2D eigenvalue weighted by molar-refractivity contribution is 0.0696. The minimum absolute atomic E-state index is 0.0315. The quantitative estimate of drug-likeness (QED) is 0.335. The second-order valence-electron chi connectivity index (χ2n) is 10.1. The van der Waals surface area contributed by atoms with E-state index in [2.05, 4.69) is 36.1 Å². The number of rotatable bonds is 8. The lowest BCUT2D eigenvalue weighted by Crippen LogP contribution is -2.31. The van der Waals surface area contributed by atoms with Crippen LogP contribution in [0.1, 0.15) is 45.2 Å². The first-order chi connectivity index (χ1) is 17.4. The molecule has 0 aliphatic carbocycles. The fourth-order valence-corrected chi connectivity index (χ4v) is 5.07. The molecule has 36 heavy (non-hydrogen) atoms. The summed E-state index contributed by atoms with van der Waals surface area (Å²) in [4.78, 5) is 25.0. The van der Waals surface area contributed by atoms with Gasteiger partial charge < -0.3 is 14.4 Å². The van der Waals surface area contributed by atoms with Gasteiger partial charge in [0.1, 0.15) is 0 Å². The molecule has 0 saturated carbocycles. The summed E-state index contributed by atoms with van der Waals surface area (Å²) in [6.07, 6.45) is 6.31. The molecule has 8 heteroatoms. The number of imidazole rings is 1. The molecule has 1 aliphatic heterocycles. The van der Waals surface area contributed by atoms with Gasteiger partial charge in [-0.25, -0.2) is 9.78 Å². The molecular weight excluding hydrogens is 454 g/mol. The third-order valence-corrected chi connectivity index (χ3v) is 6.87. The molecule has 1 saturated heterocycles. The van der Waals surface area contributed by atoms with Crippen LogP contribution < -0.4 is 10.4 Å². The van der Waals surface area contributed by atoms with Crippen LogP contribution >= 0.6 is 0 Å². The van der Waals surface area contributed by atoms with Crippen molar-refractivity contribution in [3.8, 4) is 17.0 Å². The van der Waals surface area contributed by atoms with E-state index >= 15 is 0 Å². The molecule has 0 amide bonds. The molecule has 1 fully saturated rings. The minimum Gasteiger partial charge on any atom is -0.478 e. The minimum atomic E-state index is 0.0315. The third kappa shape index (κ3) is 4.75. The molecule has 0 atom stereocenters. The van der Waals surface area contributed by atoms with Crippen LogP contribution in [0, 0.1) is 0 Å². The van der Waals surface area contributed by atoms with Crippen LogP contribution in [0.25, 0.3) is 33.1 Å². The topological polar surface area (TPSA) is 74.4 Å². The molecule has 1 aromatic carbocycles. The molecule has 3 aromatic heterocycles. The summed E-state index contributed by atoms with van der Waals surface area (Å²) in [5, 5.41) is 0.983. The van der Waals surface area contributed by atoms with E-state index in [0.717, 1.165) is 58.9 Å². The first-order valence-electron chi connectivity index (χ1n) is 12.8. The Bertz CT molecular complexity index is 1400. The van der Waals surface area contributed by atoms with Crippen LogP contribution in [-0.4, -0.2) is 64.5 Å². The zero-order valence-corrected chi connectivity index (χ0v) is 21.6. The van der Waals surface area contributed by atoms with Crippen LogP contribution in [0.2, 0.25) is 0 Å². The van der Waals surface area contributed by atoms with Crippen molar-refractivity contribution in [2.75, 3.05) is 40.5 Å². The van der Waals surface area contributed by atoms with E-state index in [4.69, 9.17) is 14.5 Å². The molecule has 4 heterocycles. The molecule has 0 spiro atoms. The number of ether oxygens (including phenoxy) is 2. The average Bonchev–Trinajstić information content (AvgIpc) is 3.19. The van der Waals surface area contributed by atoms with Crippen molar-refractivity contribution < 1.29 is 9.47 Å². The van der Waals surface area contributed by atoms with Gasteiger partial charge in [0.25, 0.3) is 0 Å². The maximum absolute atomic E-state index is 13.6. The zero-order valence-electron chi connectivity index (χ0n) is 21.6. The average molecular weight is 490 g/mol. The SMILES string of the molecule is CC(C)n1c(=O)n(C2CCOCC2)c2c3cc(-c4ccc(OCCCN(C)C)nc4)ccc3ncc21. The third-order valence-electron chi connectivity index (χ3n) is 6.87. The standard InChI is InChI=1S/C28H35N5O3/c1-19(2)32-25-18-29-24-8-6-20(21-7-9-26(30-17-21)36-13-5-12-31(3)4)16-23(24)27(25)33(28(32)34)22-10-14-35-15-11-22/h6-9,16-19,22H,5,10-15H2,1-4H3. The predicted molar refractivity (Wildman–Crippen MR) is 143 cm³/mol. The molecule has 0 N–H and O–H groups in total. The van der Waals surface area contributed by atoms with Gasteiger partial charge in [0.2, 0.25) is 5.88 Å². The molecule has 190 valence electrons. The van der Waals surface area contributed by atoms with E-state index in [0.29, 0.717) is 25.7 Å². The molecule has 5 rings (SSSR count). The molecular formula is C28H35N5O3. The Kier molecular flexibility index (Phi) is 7.07. The second kappa shape index (κ2) is 10.4. The van der Waals surface area contributed by atoms with Crippen molar-refractivity contribution >= 4 is 21.9 Å². The Labute approximate surface area is 211 Å². The number of hydrogen-bond donors (Lipinski definition) is 0. The molecule has 0 radical (unpaired) electrons. The van der Waals surface area contributed by atoms with Gasteiger partial charge in [0.15, 0.2) is 0 Å². The molecule has 0 bridgehead atoms. The lowest BCUT2D eigenvalue weighted by atomic mass is 10.0. The first-order valence-corrected chi connectivity index (χ1v) is 12.8. The van der Waals surface area contributed by atoms with Crippen LogP contribution in [0.5, 0.6) is 5.88 Å². The Hall–Kier alpha value is -3.23. The summed E-state index contributed by atoms with van der Waals surface area (Å²) in [5.41, 5.74) is 4.78. The highest BCUT2D eigenvalue weighted by atomic mass is 16.5. The second-order valence-corrected chi connectivity index (χ2v) is 10.1. The number of pyridine rings is 2. The Morgan fingerprint density at radius 3 is 2.56 bits per heavy atom. The van der Waals surface area contributed by atoms with Gasteiger partial charge in [0.05, 0.1) is 29.4 Å². The van der Waals surface area contributed by atoms with Crippen molar-refractivity contribution in [3.05, 3.63) is 53.2 Å². The number of aromatic nitrogens is 4. The maximum atomic E-state index is 13.6. The molecule has 1 aliphatic rings. The summed E-state index contributed by atoms with van der Waals surface area (Å²) in [5.74, 6) is 0.629. The summed E-state index contributed by atoms with van der Waals surface area (Å²) in [6.45, 7) is 7.07. The molecule has 0 unspecified atom stereocenters. The molecule has 8 nitrogen and oxygen atoms in total. The van der Waals surface area contributed by atoms with E-state index in [9.17, 15) is 4.79 Å². The molecule has 4 aromatic rings.